The summed E-state index contributed by atoms with van der Waals surface area (Å²) in [7, 11) is 0. The molecule has 2 aromatic heterocycles. The third kappa shape index (κ3) is 4.30. The van der Waals surface area contributed by atoms with Crippen molar-refractivity contribution in [3.63, 3.8) is 0 Å². The monoisotopic (exact) mass is 389 g/mol. The van der Waals surface area contributed by atoms with Gasteiger partial charge in [0.05, 0.1) is 6.20 Å². The van der Waals surface area contributed by atoms with Crippen LogP contribution in [0.3, 0.4) is 0 Å². The lowest BCUT2D eigenvalue weighted by Crippen LogP contribution is -2.11. The number of ether oxygens (including phenoxy) is 1. The average molecular weight is 389 g/mol. The van der Waals surface area contributed by atoms with Gasteiger partial charge in [-0.2, -0.15) is 0 Å². The molecule has 0 fully saturated rings. The van der Waals surface area contributed by atoms with Gasteiger partial charge in [0.15, 0.2) is 0 Å². The summed E-state index contributed by atoms with van der Waals surface area (Å²) in [5, 5.41) is 6.59. The molecule has 0 saturated carbocycles. The summed E-state index contributed by atoms with van der Waals surface area (Å²) in [4.78, 5) is 16.5. The maximum Gasteiger partial charge on any atom is 0.294 e. The van der Waals surface area contributed by atoms with Crippen LogP contribution in [-0.2, 0) is 0 Å². The zero-order valence-corrected chi connectivity index (χ0v) is 15.4. The highest BCUT2D eigenvalue weighted by atomic mass is 19.1. The van der Waals surface area contributed by atoms with Gasteiger partial charge < -0.3 is 14.6 Å². The van der Waals surface area contributed by atoms with E-state index in [-0.39, 0.29) is 11.6 Å². The molecule has 1 amide bonds. The Balaban J connectivity index is 1.47. The zero-order chi connectivity index (χ0) is 20.2. The second kappa shape index (κ2) is 7.93. The molecule has 29 heavy (non-hydrogen) atoms. The predicted molar refractivity (Wildman–Crippen MR) is 105 cm³/mol. The summed E-state index contributed by atoms with van der Waals surface area (Å²) in [5.74, 6) is 0.460. The second-order valence-electron chi connectivity index (χ2n) is 6.31. The van der Waals surface area contributed by atoms with Gasteiger partial charge in [0.25, 0.3) is 5.91 Å². The summed E-state index contributed by atoms with van der Waals surface area (Å²) in [6.45, 7) is 1.87. The van der Waals surface area contributed by atoms with E-state index in [4.69, 9.17) is 9.26 Å². The number of carbonyl (C=O) groups excluding carboxylic acids is 1. The lowest BCUT2D eigenvalue weighted by molar-refractivity contribution is 0.0988. The number of rotatable bonds is 5. The van der Waals surface area contributed by atoms with Gasteiger partial charge in [-0.05, 0) is 55.0 Å². The molecule has 0 aliphatic heterocycles. The van der Waals surface area contributed by atoms with Gasteiger partial charge in [-0.3, -0.25) is 9.78 Å². The van der Waals surface area contributed by atoms with E-state index in [1.165, 1.54) is 18.2 Å². The maximum atomic E-state index is 13.4. The molecular weight excluding hydrogens is 373 g/mol. The van der Waals surface area contributed by atoms with Crippen LogP contribution in [0, 0.1) is 12.7 Å². The number of hydrogen-bond donors (Lipinski definition) is 1. The van der Waals surface area contributed by atoms with Crippen molar-refractivity contribution in [2.24, 2.45) is 0 Å². The fourth-order valence-electron chi connectivity index (χ4n) is 2.73. The lowest BCUT2D eigenvalue weighted by atomic mass is 10.1. The van der Waals surface area contributed by atoms with Gasteiger partial charge in [-0.15, -0.1) is 0 Å². The number of nitrogens with one attached hydrogen (secondary N) is 1. The van der Waals surface area contributed by atoms with Crippen molar-refractivity contribution in [3.8, 4) is 22.8 Å². The summed E-state index contributed by atoms with van der Waals surface area (Å²) < 4.78 is 24.3. The van der Waals surface area contributed by atoms with E-state index >= 15 is 0 Å². The van der Waals surface area contributed by atoms with E-state index in [2.05, 4.69) is 15.5 Å². The molecule has 144 valence electrons. The summed E-state index contributed by atoms with van der Waals surface area (Å²) >= 11 is 0. The minimum absolute atomic E-state index is 0.0256. The highest BCUT2D eigenvalue weighted by Crippen LogP contribution is 2.27. The van der Waals surface area contributed by atoms with Crippen molar-refractivity contribution in [1.82, 2.24) is 10.1 Å². The molecule has 0 aliphatic rings. The van der Waals surface area contributed by atoms with Crippen LogP contribution in [0.1, 0.15) is 16.1 Å². The van der Waals surface area contributed by atoms with E-state index in [1.807, 2.05) is 13.0 Å². The molecular formula is C22H16FN3O3. The average Bonchev–Trinajstić information content (AvgIpc) is 3.21. The van der Waals surface area contributed by atoms with Crippen LogP contribution in [0.5, 0.6) is 11.5 Å². The molecule has 0 atom stereocenters. The quantitative estimate of drug-likeness (QED) is 0.506. The molecule has 0 radical (unpaired) electrons. The normalized spacial score (nSPS) is 10.6. The Morgan fingerprint density at radius 1 is 1.10 bits per heavy atom. The fourth-order valence-corrected chi connectivity index (χ4v) is 2.73. The number of carbonyl (C=O) groups is 1. The van der Waals surface area contributed by atoms with Gasteiger partial charge >= 0.3 is 0 Å². The lowest BCUT2D eigenvalue weighted by Gasteiger charge is -2.10. The van der Waals surface area contributed by atoms with Crippen LogP contribution < -0.4 is 10.1 Å². The van der Waals surface area contributed by atoms with Crippen LogP contribution in [-0.4, -0.2) is 16.0 Å². The molecule has 4 aromatic rings. The Kier molecular flexibility index (Phi) is 5.03. The fraction of sp³-hybridized carbons (Fsp3) is 0.0455. The predicted octanol–water partition coefficient (Wildman–Crippen LogP) is 5.23. The van der Waals surface area contributed by atoms with Gasteiger partial charge in [-0.1, -0.05) is 17.3 Å². The van der Waals surface area contributed by atoms with E-state index in [0.29, 0.717) is 28.4 Å². The van der Waals surface area contributed by atoms with E-state index < -0.39 is 5.91 Å². The number of aryl methyl sites for hydroxylation is 1. The van der Waals surface area contributed by atoms with Crippen LogP contribution >= 0.6 is 0 Å². The van der Waals surface area contributed by atoms with E-state index in [0.717, 1.165) is 5.56 Å². The Labute approximate surface area is 166 Å². The molecule has 6 nitrogen and oxygen atoms in total. The molecule has 0 spiro atoms. The number of aromatic nitrogens is 2. The van der Waals surface area contributed by atoms with E-state index in [9.17, 15) is 9.18 Å². The molecule has 2 heterocycles. The second-order valence-corrected chi connectivity index (χ2v) is 6.31. The van der Waals surface area contributed by atoms with Gasteiger partial charge in [0, 0.05) is 23.5 Å². The SMILES string of the molecule is Cc1cc(NC(=O)c2cc(-c3cccc(F)c3)no2)ccc1Oc1cccnc1. The molecule has 1 N–H and O–H groups in total. The van der Waals surface area contributed by atoms with Crippen molar-refractivity contribution in [3.05, 3.63) is 90.2 Å². The van der Waals surface area contributed by atoms with Crippen molar-refractivity contribution in [1.29, 1.82) is 0 Å². The van der Waals surface area contributed by atoms with Crippen LogP contribution in [0.25, 0.3) is 11.3 Å². The first-order valence-electron chi connectivity index (χ1n) is 8.81. The Morgan fingerprint density at radius 3 is 2.76 bits per heavy atom. The largest absolute Gasteiger partial charge is 0.455 e. The topological polar surface area (TPSA) is 77.2 Å². The van der Waals surface area contributed by atoms with Gasteiger partial charge in [-0.25, -0.2) is 4.39 Å². The number of halogens is 1. The van der Waals surface area contributed by atoms with Crippen LogP contribution in [0.4, 0.5) is 10.1 Å². The Bertz CT molecular complexity index is 1160. The molecule has 0 aliphatic carbocycles. The van der Waals surface area contributed by atoms with Crippen molar-refractivity contribution < 1.29 is 18.4 Å². The molecule has 0 saturated heterocycles. The first-order chi connectivity index (χ1) is 14.1. The Morgan fingerprint density at radius 2 is 2.00 bits per heavy atom. The smallest absolute Gasteiger partial charge is 0.294 e. The van der Waals surface area contributed by atoms with Crippen LogP contribution in [0.2, 0.25) is 0 Å². The standard InChI is InChI=1S/C22H16FN3O3/c1-14-10-17(7-8-20(14)28-18-6-3-9-24-13-18)25-22(27)21-12-19(26-29-21)15-4-2-5-16(23)11-15/h2-13H,1H3,(H,25,27). The minimum atomic E-state index is -0.458. The summed E-state index contributed by atoms with van der Waals surface area (Å²) in [5.41, 5.74) is 2.33. The zero-order valence-electron chi connectivity index (χ0n) is 15.4. The van der Waals surface area contributed by atoms with Crippen molar-refractivity contribution >= 4 is 11.6 Å². The first kappa shape index (κ1) is 18.4. The number of hydrogen-bond acceptors (Lipinski definition) is 5. The molecule has 2 aromatic carbocycles. The Hall–Kier alpha value is -4.00. The molecule has 7 heteroatoms. The summed E-state index contributed by atoms with van der Waals surface area (Å²) in [6.07, 6.45) is 3.29. The first-order valence-corrected chi connectivity index (χ1v) is 8.81. The van der Waals surface area contributed by atoms with E-state index in [1.54, 1.807) is 48.8 Å². The van der Waals surface area contributed by atoms with Crippen molar-refractivity contribution in [2.45, 2.75) is 6.92 Å². The molecule has 4 rings (SSSR count). The number of amides is 1. The molecule has 0 unspecified atom stereocenters. The van der Waals surface area contributed by atoms with Crippen molar-refractivity contribution in [2.75, 3.05) is 5.32 Å². The highest BCUT2D eigenvalue weighted by molar-refractivity contribution is 6.02. The minimum Gasteiger partial charge on any atom is -0.455 e. The number of benzene rings is 2. The number of nitrogens with zero attached hydrogens (tertiary/aromatic N) is 2. The third-order valence-electron chi connectivity index (χ3n) is 4.15. The third-order valence-corrected chi connectivity index (χ3v) is 4.15. The van der Waals surface area contributed by atoms with Gasteiger partial charge in [0.2, 0.25) is 5.76 Å². The highest BCUT2D eigenvalue weighted by Gasteiger charge is 2.15. The number of anilines is 1. The maximum absolute atomic E-state index is 13.4. The molecule has 0 bridgehead atoms. The summed E-state index contributed by atoms with van der Waals surface area (Å²) in [6, 6.07) is 16.2. The van der Waals surface area contributed by atoms with Gasteiger partial charge in [0.1, 0.15) is 23.0 Å². The number of pyridine rings is 1. The van der Waals surface area contributed by atoms with Crippen LogP contribution in [0.15, 0.2) is 77.6 Å².